The number of nitrogens with one attached hydrogen (secondary N) is 1. The van der Waals surface area contributed by atoms with Crippen LogP contribution in [0.1, 0.15) is 12.0 Å². The molecule has 0 bridgehead atoms. The fraction of sp³-hybridized carbons (Fsp3) is 0.174. The molecule has 0 saturated carbocycles. The summed E-state index contributed by atoms with van der Waals surface area (Å²) in [6, 6.07) is 11.3. The summed E-state index contributed by atoms with van der Waals surface area (Å²) in [7, 11) is 1.38. The summed E-state index contributed by atoms with van der Waals surface area (Å²) in [5.74, 6) is -5.83. The van der Waals surface area contributed by atoms with Crippen LogP contribution in [0.2, 0.25) is 0 Å². The lowest BCUT2D eigenvalue weighted by Gasteiger charge is -2.15. The van der Waals surface area contributed by atoms with E-state index in [1.54, 1.807) is 6.08 Å². The highest BCUT2D eigenvalue weighted by Gasteiger charge is 2.17. The van der Waals surface area contributed by atoms with Crippen molar-refractivity contribution in [3.8, 4) is 6.07 Å². The molecule has 0 aliphatic rings. The van der Waals surface area contributed by atoms with Gasteiger partial charge in [-0.25, -0.2) is 13.2 Å². The molecule has 6 nitrogen and oxygen atoms in total. The SMILES string of the molecule is CN(CC(=O)Nc1ccc(F)c(F)c1F)C(=O)/C=C/c1cn(CCC#N)c2ccccc12. The summed E-state index contributed by atoms with van der Waals surface area (Å²) in [6.07, 6.45) is 5.08. The Morgan fingerprint density at radius 3 is 2.66 bits per heavy atom. The fourth-order valence-electron chi connectivity index (χ4n) is 3.16. The van der Waals surface area contributed by atoms with Crippen molar-refractivity contribution in [2.24, 2.45) is 0 Å². The molecule has 32 heavy (non-hydrogen) atoms. The van der Waals surface area contributed by atoms with Crippen LogP contribution in [0, 0.1) is 28.8 Å². The predicted molar refractivity (Wildman–Crippen MR) is 114 cm³/mol. The Labute approximate surface area is 182 Å². The lowest BCUT2D eigenvalue weighted by atomic mass is 10.1. The third-order valence-electron chi connectivity index (χ3n) is 4.76. The molecule has 0 atom stereocenters. The number of amides is 2. The number of fused-ring (bicyclic) bond motifs is 1. The Bertz CT molecular complexity index is 1240. The Morgan fingerprint density at radius 1 is 1.16 bits per heavy atom. The standard InChI is InChI=1S/C23H19F3N4O2/c1-29(14-20(31)28-18-9-8-17(24)22(25)23(18)26)21(32)10-7-15-13-30(12-4-11-27)19-6-3-2-5-16(15)19/h2-3,5-10,13H,4,12,14H2,1H3,(H,28,31)/b10-7+. The molecule has 0 unspecified atom stereocenters. The van der Waals surface area contributed by atoms with Crippen molar-refractivity contribution in [2.75, 3.05) is 18.9 Å². The molecular weight excluding hydrogens is 421 g/mol. The Hall–Kier alpha value is -4.06. The minimum Gasteiger partial charge on any atom is -0.346 e. The van der Waals surface area contributed by atoms with Crippen molar-refractivity contribution >= 4 is 34.5 Å². The van der Waals surface area contributed by atoms with Crippen molar-refractivity contribution in [2.45, 2.75) is 13.0 Å². The Balaban J connectivity index is 1.67. The molecule has 164 valence electrons. The van der Waals surface area contributed by atoms with Gasteiger partial charge in [-0.1, -0.05) is 18.2 Å². The number of hydrogen-bond donors (Lipinski definition) is 1. The van der Waals surface area contributed by atoms with E-state index in [1.807, 2.05) is 35.0 Å². The number of nitriles is 1. The maximum Gasteiger partial charge on any atom is 0.246 e. The number of anilines is 1. The molecule has 9 heteroatoms. The van der Waals surface area contributed by atoms with E-state index in [2.05, 4.69) is 11.4 Å². The van der Waals surface area contributed by atoms with Crippen LogP contribution in [0.5, 0.6) is 0 Å². The number of benzene rings is 2. The molecule has 0 fully saturated rings. The zero-order valence-electron chi connectivity index (χ0n) is 17.1. The third-order valence-corrected chi connectivity index (χ3v) is 4.76. The van der Waals surface area contributed by atoms with Gasteiger partial charge in [-0.3, -0.25) is 9.59 Å². The van der Waals surface area contributed by atoms with E-state index in [1.165, 1.54) is 13.1 Å². The first-order valence-electron chi connectivity index (χ1n) is 9.63. The lowest BCUT2D eigenvalue weighted by Crippen LogP contribution is -2.34. The monoisotopic (exact) mass is 440 g/mol. The Kier molecular flexibility index (Phi) is 6.95. The van der Waals surface area contributed by atoms with Gasteiger partial charge in [-0.15, -0.1) is 0 Å². The minimum atomic E-state index is -1.69. The second-order valence-electron chi connectivity index (χ2n) is 7.00. The summed E-state index contributed by atoms with van der Waals surface area (Å²) < 4.78 is 41.9. The summed E-state index contributed by atoms with van der Waals surface area (Å²) in [6.45, 7) is 0.0882. The van der Waals surface area contributed by atoms with Crippen LogP contribution < -0.4 is 5.32 Å². The van der Waals surface area contributed by atoms with Gasteiger partial charge in [0.05, 0.1) is 24.7 Å². The zero-order valence-corrected chi connectivity index (χ0v) is 17.1. The molecule has 3 rings (SSSR count). The van der Waals surface area contributed by atoms with Crippen LogP contribution in [-0.2, 0) is 16.1 Å². The number of carbonyl (C=O) groups excluding carboxylic acids is 2. The zero-order chi connectivity index (χ0) is 23.3. The van der Waals surface area contributed by atoms with Crippen molar-refractivity contribution in [3.63, 3.8) is 0 Å². The Morgan fingerprint density at radius 2 is 1.91 bits per heavy atom. The van der Waals surface area contributed by atoms with Crippen LogP contribution in [0.3, 0.4) is 0 Å². The number of nitrogens with zero attached hydrogens (tertiary/aromatic N) is 3. The van der Waals surface area contributed by atoms with Crippen LogP contribution in [-0.4, -0.2) is 34.9 Å². The maximum absolute atomic E-state index is 13.7. The molecule has 1 N–H and O–H groups in total. The normalized spacial score (nSPS) is 11.0. The van der Waals surface area contributed by atoms with E-state index < -0.39 is 41.5 Å². The number of para-hydroxylation sites is 1. The molecular formula is C23H19F3N4O2. The average Bonchev–Trinajstić information content (AvgIpc) is 3.14. The first kappa shape index (κ1) is 22.6. The average molecular weight is 440 g/mol. The van der Waals surface area contributed by atoms with Crippen molar-refractivity contribution in [1.29, 1.82) is 5.26 Å². The van der Waals surface area contributed by atoms with Gasteiger partial charge >= 0.3 is 0 Å². The minimum absolute atomic E-state index is 0.344. The molecule has 1 heterocycles. The maximum atomic E-state index is 13.7. The molecule has 0 saturated heterocycles. The number of carbonyl (C=O) groups is 2. The van der Waals surface area contributed by atoms with E-state index in [9.17, 15) is 22.8 Å². The first-order valence-corrected chi connectivity index (χ1v) is 9.63. The van der Waals surface area contributed by atoms with Gasteiger partial charge in [0.1, 0.15) is 0 Å². The van der Waals surface area contributed by atoms with Gasteiger partial charge in [0, 0.05) is 42.3 Å². The molecule has 0 aliphatic carbocycles. The highest BCUT2D eigenvalue weighted by Crippen LogP contribution is 2.23. The van der Waals surface area contributed by atoms with Gasteiger partial charge in [0.15, 0.2) is 17.5 Å². The van der Waals surface area contributed by atoms with E-state index >= 15 is 0 Å². The smallest absolute Gasteiger partial charge is 0.246 e. The number of aromatic nitrogens is 1. The van der Waals surface area contributed by atoms with Crippen molar-refractivity contribution < 1.29 is 22.8 Å². The largest absolute Gasteiger partial charge is 0.346 e. The second-order valence-corrected chi connectivity index (χ2v) is 7.00. The number of halogens is 3. The van der Waals surface area contributed by atoms with E-state index in [0.717, 1.165) is 27.4 Å². The number of aryl methyl sites for hydroxylation is 1. The quantitative estimate of drug-likeness (QED) is 0.444. The van der Waals surface area contributed by atoms with Crippen LogP contribution in [0.25, 0.3) is 17.0 Å². The van der Waals surface area contributed by atoms with Gasteiger partial charge in [0.25, 0.3) is 0 Å². The molecule has 2 amide bonds. The van der Waals surface area contributed by atoms with Crippen molar-refractivity contribution in [3.05, 3.63) is 71.7 Å². The highest BCUT2D eigenvalue weighted by molar-refractivity contribution is 5.99. The predicted octanol–water partition coefficient (Wildman–Crippen LogP) is 4.08. The van der Waals surface area contributed by atoms with Crippen molar-refractivity contribution in [1.82, 2.24) is 9.47 Å². The third kappa shape index (κ3) is 4.98. The highest BCUT2D eigenvalue weighted by atomic mass is 19.2. The van der Waals surface area contributed by atoms with Gasteiger partial charge in [0.2, 0.25) is 11.8 Å². The number of rotatable bonds is 7. The molecule has 0 spiro atoms. The molecule has 0 radical (unpaired) electrons. The number of likely N-dealkylation sites (N-methyl/N-ethyl adjacent to an activating group) is 1. The summed E-state index contributed by atoms with van der Waals surface area (Å²) in [4.78, 5) is 25.6. The van der Waals surface area contributed by atoms with Crippen LogP contribution >= 0.6 is 0 Å². The molecule has 0 aliphatic heterocycles. The van der Waals surface area contributed by atoms with Gasteiger partial charge in [-0.2, -0.15) is 5.26 Å². The second kappa shape index (κ2) is 9.83. The van der Waals surface area contributed by atoms with Gasteiger partial charge in [-0.05, 0) is 24.3 Å². The van der Waals surface area contributed by atoms with Gasteiger partial charge < -0.3 is 14.8 Å². The lowest BCUT2D eigenvalue weighted by molar-refractivity contribution is -0.129. The van der Waals surface area contributed by atoms with E-state index in [4.69, 9.17) is 5.26 Å². The van der Waals surface area contributed by atoms with Crippen LogP contribution in [0.15, 0.2) is 48.7 Å². The first-order chi connectivity index (χ1) is 15.3. The molecule has 1 aromatic heterocycles. The number of hydrogen-bond acceptors (Lipinski definition) is 3. The topological polar surface area (TPSA) is 78.1 Å². The summed E-state index contributed by atoms with van der Waals surface area (Å²) >= 11 is 0. The summed E-state index contributed by atoms with van der Waals surface area (Å²) in [5, 5.41) is 11.9. The summed E-state index contributed by atoms with van der Waals surface area (Å²) in [5.41, 5.74) is 1.18. The molecule has 3 aromatic rings. The fourth-order valence-corrected chi connectivity index (χ4v) is 3.16. The molecule has 2 aromatic carbocycles. The van der Waals surface area contributed by atoms with E-state index in [0.29, 0.717) is 19.0 Å². The van der Waals surface area contributed by atoms with E-state index in [-0.39, 0.29) is 0 Å². The van der Waals surface area contributed by atoms with Crippen LogP contribution in [0.4, 0.5) is 18.9 Å².